The Kier molecular flexibility index (Phi) is 5.97. The van der Waals surface area contributed by atoms with Gasteiger partial charge in [0.15, 0.2) is 0 Å². The first-order chi connectivity index (χ1) is 10.1. The van der Waals surface area contributed by atoms with Crippen LogP contribution in [0.3, 0.4) is 0 Å². The van der Waals surface area contributed by atoms with Crippen LogP contribution in [0, 0.1) is 0 Å². The number of rotatable bonds is 7. The average molecular weight is 282 g/mol. The smallest absolute Gasteiger partial charge is 0.0234 e. The van der Waals surface area contributed by atoms with E-state index >= 15 is 0 Å². The SMILES string of the molecule is CC(C)NCc1cccc(CN(C)Cc2ccccc2)c1. The summed E-state index contributed by atoms with van der Waals surface area (Å²) in [6.45, 7) is 7.25. The molecule has 0 amide bonds. The molecular formula is C19H26N2. The van der Waals surface area contributed by atoms with Crippen molar-refractivity contribution in [3.05, 3.63) is 71.3 Å². The van der Waals surface area contributed by atoms with Gasteiger partial charge in [-0.2, -0.15) is 0 Å². The van der Waals surface area contributed by atoms with Crippen molar-refractivity contribution in [3.63, 3.8) is 0 Å². The van der Waals surface area contributed by atoms with Crippen molar-refractivity contribution in [1.82, 2.24) is 10.2 Å². The summed E-state index contributed by atoms with van der Waals surface area (Å²) in [5.41, 5.74) is 4.09. The molecule has 0 aliphatic heterocycles. The van der Waals surface area contributed by atoms with E-state index in [-0.39, 0.29) is 0 Å². The fourth-order valence-corrected chi connectivity index (χ4v) is 2.42. The highest BCUT2D eigenvalue weighted by atomic mass is 15.1. The van der Waals surface area contributed by atoms with Crippen molar-refractivity contribution in [2.75, 3.05) is 7.05 Å². The zero-order valence-corrected chi connectivity index (χ0v) is 13.3. The molecule has 1 N–H and O–H groups in total. The second-order valence-electron chi connectivity index (χ2n) is 6.01. The summed E-state index contributed by atoms with van der Waals surface area (Å²) < 4.78 is 0. The number of nitrogens with one attached hydrogen (secondary N) is 1. The van der Waals surface area contributed by atoms with Gasteiger partial charge in [-0.05, 0) is 23.7 Å². The van der Waals surface area contributed by atoms with Gasteiger partial charge in [0.25, 0.3) is 0 Å². The first-order valence-electron chi connectivity index (χ1n) is 7.67. The lowest BCUT2D eigenvalue weighted by Crippen LogP contribution is -2.22. The van der Waals surface area contributed by atoms with Crippen molar-refractivity contribution in [2.45, 2.75) is 39.5 Å². The van der Waals surface area contributed by atoms with E-state index < -0.39 is 0 Å². The standard InChI is InChI=1S/C19H26N2/c1-16(2)20-13-18-10-7-11-19(12-18)15-21(3)14-17-8-5-4-6-9-17/h4-12,16,20H,13-15H2,1-3H3. The zero-order valence-electron chi connectivity index (χ0n) is 13.3. The highest BCUT2D eigenvalue weighted by molar-refractivity contribution is 5.23. The molecule has 0 aromatic heterocycles. The molecule has 0 fully saturated rings. The summed E-state index contributed by atoms with van der Waals surface area (Å²) in [6.07, 6.45) is 0. The van der Waals surface area contributed by atoms with Crippen LogP contribution < -0.4 is 5.32 Å². The van der Waals surface area contributed by atoms with Crippen molar-refractivity contribution in [3.8, 4) is 0 Å². The predicted molar refractivity (Wildman–Crippen MR) is 90.0 cm³/mol. The van der Waals surface area contributed by atoms with E-state index in [9.17, 15) is 0 Å². The molecule has 0 radical (unpaired) electrons. The summed E-state index contributed by atoms with van der Waals surface area (Å²) in [7, 11) is 2.17. The molecule has 2 aromatic carbocycles. The lowest BCUT2D eigenvalue weighted by atomic mass is 10.1. The Morgan fingerprint density at radius 3 is 2.19 bits per heavy atom. The second-order valence-corrected chi connectivity index (χ2v) is 6.01. The number of hydrogen-bond donors (Lipinski definition) is 1. The maximum atomic E-state index is 3.47. The lowest BCUT2D eigenvalue weighted by molar-refractivity contribution is 0.319. The van der Waals surface area contributed by atoms with E-state index in [0.29, 0.717) is 6.04 Å². The third-order valence-electron chi connectivity index (χ3n) is 3.45. The van der Waals surface area contributed by atoms with Gasteiger partial charge in [0.05, 0.1) is 0 Å². The quantitative estimate of drug-likeness (QED) is 0.830. The van der Waals surface area contributed by atoms with Crippen LogP contribution in [0.4, 0.5) is 0 Å². The van der Waals surface area contributed by atoms with Crippen molar-refractivity contribution in [1.29, 1.82) is 0 Å². The molecule has 0 aliphatic rings. The summed E-state index contributed by atoms with van der Waals surface area (Å²) in [5.74, 6) is 0. The Hall–Kier alpha value is -1.64. The van der Waals surface area contributed by atoms with Gasteiger partial charge in [0, 0.05) is 25.7 Å². The third kappa shape index (κ3) is 5.70. The molecule has 0 atom stereocenters. The third-order valence-corrected chi connectivity index (χ3v) is 3.45. The molecule has 0 saturated heterocycles. The van der Waals surface area contributed by atoms with E-state index in [4.69, 9.17) is 0 Å². The zero-order chi connectivity index (χ0) is 15.1. The topological polar surface area (TPSA) is 15.3 Å². The minimum Gasteiger partial charge on any atom is -0.310 e. The Morgan fingerprint density at radius 1 is 0.857 bits per heavy atom. The van der Waals surface area contributed by atoms with Crippen LogP contribution in [0.1, 0.15) is 30.5 Å². The van der Waals surface area contributed by atoms with Gasteiger partial charge in [0.2, 0.25) is 0 Å². The highest BCUT2D eigenvalue weighted by Gasteiger charge is 2.03. The number of hydrogen-bond acceptors (Lipinski definition) is 2. The molecule has 2 rings (SSSR count). The number of benzene rings is 2. The largest absolute Gasteiger partial charge is 0.310 e. The molecule has 2 nitrogen and oxygen atoms in total. The van der Waals surface area contributed by atoms with Crippen LogP contribution in [0.5, 0.6) is 0 Å². The summed E-state index contributed by atoms with van der Waals surface area (Å²) in [4.78, 5) is 2.35. The van der Waals surface area contributed by atoms with Gasteiger partial charge in [0.1, 0.15) is 0 Å². The molecule has 2 heteroatoms. The molecule has 0 spiro atoms. The van der Waals surface area contributed by atoms with Crippen molar-refractivity contribution >= 4 is 0 Å². The first kappa shape index (κ1) is 15.7. The van der Waals surface area contributed by atoms with Crippen LogP contribution in [0.2, 0.25) is 0 Å². The number of nitrogens with zero attached hydrogens (tertiary/aromatic N) is 1. The van der Waals surface area contributed by atoms with Gasteiger partial charge in [-0.25, -0.2) is 0 Å². The molecule has 0 heterocycles. The molecule has 0 unspecified atom stereocenters. The minimum atomic E-state index is 0.523. The first-order valence-corrected chi connectivity index (χ1v) is 7.67. The van der Waals surface area contributed by atoms with Crippen LogP contribution >= 0.6 is 0 Å². The van der Waals surface area contributed by atoms with E-state index in [1.165, 1.54) is 16.7 Å². The normalized spacial score (nSPS) is 11.3. The molecule has 2 aromatic rings. The van der Waals surface area contributed by atoms with Gasteiger partial charge in [-0.3, -0.25) is 4.90 Å². The molecule has 21 heavy (non-hydrogen) atoms. The second kappa shape index (κ2) is 7.96. The molecule has 112 valence electrons. The van der Waals surface area contributed by atoms with Gasteiger partial charge < -0.3 is 5.32 Å². The van der Waals surface area contributed by atoms with E-state index in [2.05, 4.69) is 85.7 Å². The molecule has 0 bridgehead atoms. The Balaban J connectivity index is 1.91. The van der Waals surface area contributed by atoms with Gasteiger partial charge >= 0.3 is 0 Å². The summed E-state index contributed by atoms with van der Waals surface area (Å²) >= 11 is 0. The molecule has 0 saturated carbocycles. The lowest BCUT2D eigenvalue weighted by Gasteiger charge is -2.17. The summed E-state index contributed by atoms with van der Waals surface area (Å²) in [6, 6.07) is 20.0. The van der Waals surface area contributed by atoms with Gasteiger partial charge in [-0.1, -0.05) is 68.4 Å². The van der Waals surface area contributed by atoms with E-state index in [0.717, 1.165) is 19.6 Å². The Labute approximate surface area is 128 Å². The van der Waals surface area contributed by atoms with Crippen LogP contribution in [-0.2, 0) is 19.6 Å². The van der Waals surface area contributed by atoms with Crippen LogP contribution in [-0.4, -0.2) is 18.0 Å². The average Bonchev–Trinajstić information content (AvgIpc) is 2.46. The predicted octanol–water partition coefficient (Wildman–Crippen LogP) is 3.82. The van der Waals surface area contributed by atoms with Crippen LogP contribution in [0.25, 0.3) is 0 Å². The van der Waals surface area contributed by atoms with E-state index in [1.807, 2.05) is 0 Å². The monoisotopic (exact) mass is 282 g/mol. The Bertz CT molecular complexity index is 534. The minimum absolute atomic E-state index is 0.523. The summed E-state index contributed by atoms with van der Waals surface area (Å²) in [5, 5.41) is 3.47. The van der Waals surface area contributed by atoms with Crippen molar-refractivity contribution in [2.24, 2.45) is 0 Å². The van der Waals surface area contributed by atoms with Crippen LogP contribution in [0.15, 0.2) is 54.6 Å². The fraction of sp³-hybridized carbons (Fsp3) is 0.368. The molecule has 0 aliphatic carbocycles. The maximum Gasteiger partial charge on any atom is 0.0234 e. The fourth-order valence-electron chi connectivity index (χ4n) is 2.42. The van der Waals surface area contributed by atoms with Gasteiger partial charge in [-0.15, -0.1) is 0 Å². The highest BCUT2D eigenvalue weighted by Crippen LogP contribution is 2.10. The molecular weight excluding hydrogens is 256 g/mol. The van der Waals surface area contributed by atoms with E-state index in [1.54, 1.807) is 0 Å². The maximum absolute atomic E-state index is 3.47. The van der Waals surface area contributed by atoms with Crippen molar-refractivity contribution < 1.29 is 0 Å². The Morgan fingerprint density at radius 2 is 1.48 bits per heavy atom.